The Labute approximate surface area is 195 Å². The van der Waals surface area contributed by atoms with Crippen LogP contribution in [-0.2, 0) is 10.7 Å². The van der Waals surface area contributed by atoms with E-state index >= 15 is 0 Å². The third-order valence-electron chi connectivity index (χ3n) is 6.12. The van der Waals surface area contributed by atoms with Gasteiger partial charge >= 0.3 is 6.18 Å². The van der Waals surface area contributed by atoms with Gasteiger partial charge in [0.15, 0.2) is 0 Å². The minimum atomic E-state index is -4.67. The molecule has 1 aliphatic heterocycles. The Morgan fingerprint density at radius 2 is 2.03 bits per heavy atom. The summed E-state index contributed by atoms with van der Waals surface area (Å²) in [7, 11) is -2.91. The zero-order valence-electron chi connectivity index (χ0n) is 19.3. The molecule has 0 aliphatic carbocycles. The lowest BCUT2D eigenvalue weighted by molar-refractivity contribution is -0.137. The lowest BCUT2D eigenvalue weighted by Gasteiger charge is -2.36. The van der Waals surface area contributed by atoms with Gasteiger partial charge in [0.2, 0.25) is 5.95 Å². The van der Waals surface area contributed by atoms with Gasteiger partial charge in [-0.1, -0.05) is 6.07 Å². The molecule has 11 heteroatoms. The SMILES string of the molecule is CC1(C)CC[C@H](Nc2ncc(C(F)(F)F)c(-c3c[nH]c4c(P(C)(C)=O)c(C#N)ccc34)n2)CN1. The van der Waals surface area contributed by atoms with E-state index in [4.69, 9.17) is 0 Å². The lowest BCUT2D eigenvalue weighted by atomic mass is 9.91. The number of hydrogen-bond donors (Lipinski definition) is 3. The monoisotopic (exact) mass is 490 g/mol. The van der Waals surface area contributed by atoms with Gasteiger partial charge in [0, 0.05) is 41.5 Å². The number of piperidine rings is 1. The van der Waals surface area contributed by atoms with E-state index in [9.17, 15) is 23.0 Å². The van der Waals surface area contributed by atoms with Crippen LogP contribution in [0.4, 0.5) is 19.1 Å². The predicted octanol–water partition coefficient (Wildman–Crippen LogP) is 4.71. The fourth-order valence-corrected chi connectivity index (χ4v) is 5.75. The minimum absolute atomic E-state index is 0.00631. The molecule has 1 aliphatic rings. The third-order valence-corrected chi connectivity index (χ3v) is 7.66. The highest BCUT2D eigenvalue weighted by atomic mass is 31.2. The third kappa shape index (κ3) is 4.68. The number of hydrogen-bond acceptors (Lipinski definition) is 6. The summed E-state index contributed by atoms with van der Waals surface area (Å²) in [6, 6.07) is 5.05. The molecule has 2 aromatic heterocycles. The molecular formula is C23H26F3N6OP. The maximum absolute atomic E-state index is 13.9. The second kappa shape index (κ2) is 8.40. The molecule has 1 fully saturated rings. The Kier molecular flexibility index (Phi) is 5.99. The number of benzene rings is 1. The van der Waals surface area contributed by atoms with Gasteiger partial charge in [-0.05, 0) is 46.1 Å². The Morgan fingerprint density at radius 1 is 1.29 bits per heavy atom. The molecule has 3 aromatic rings. The van der Waals surface area contributed by atoms with Gasteiger partial charge in [-0.15, -0.1) is 0 Å². The average molecular weight is 490 g/mol. The number of nitrogens with zero attached hydrogens (tertiary/aromatic N) is 3. The van der Waals surface area contributed by atoms with E-state index in [0.717, 1.165) is 19.0 Å². The first kappa shape index (κ1) is 24.2. The van der Waals surface area contributed by atoms with Crippen LogP contribution in [0.25, 0.3) is 22.2 Å². The molecule has 1 aromatic carbocycles. The average Bonchev–Trinajstić information content (AvgIpc) is 3.16. The van der Waals surface area contributed by atoms with Crippen LogP contribution in [-0.4, -0.2) is 46.4 Å². The van der Waals surface area contributed by atoms with Gasteiger partial charge in [0.05, 0.1) is 28.1 Å². The molecular weight excluding hydrogens is 464 g/mol. The molecule has 34 heavy (non-hydrogen) atoms. The minimum Gasteiger partial charge on any atom is -0.360 e. The second-order valence-corrected chi connectivity index (χ2v) is 12.8. The quantitative estimate of drug-likeness (QED) is 0.458. The number of alkyl halides is 3. The number of aromatic amines is 1. The van der Waals surface area contributed by atoms with E-state index in [0.29, 0.717) is 22.8 Å². The molecule has 7 nitrogen and oxygen atoms in total. The molecule has 1 atom stereocenters. The molecule has 0 bridgehead atoms. The number of H-pyrrole nitrogens is 1. The van der Waals surface area contributed by atoms with Gasteiger partial charge < -0.3 is 20.2 Å². The van der Waals surface area contributed by atoms with Crippen molar-refractivity contribution in [3.05, 3.63) is 35.7 Å². The number of nitriles is 1. The number of aromatic nitrogens is 3. The van der Waals surface area contributed by atoms with E-state index in [-0.39, 0.29) is 34.3 Å². The Balaban J connectivity index is 1.82. The van der Waals surface area contributed by atoms with Crippen LogP contribution < -0.4 is 15.9 Å². The fraction of sp³-hybridized carbons (Fsp3) is 0.435. The maximum atomic E-state index is 13.9. The van der Waals surface area contributed by atoms with Crippen molar-refractivity contribution in [3.63, 3.8) is 0 Å². The van der Waals surface area contributed by atoms with Crippen molar-refractivity contribution in [3.8, 4) is 17.3 Å². The van der Waals surface area contributed by atoms with E-state index in [1.54, 1.807) is 6.07 Å². The van der Waals surface area contributed by atoms with Crippen molar-refractivity contribution >= 4 is 29.3 Å². The van der Waals surface area contributed by atoms with Gasteiger partial charge in [-0.25, -0.2) is 9.97 Å². The molecule has 0 unspecified atom stereocenters. The van der Waals surface area contributed by atoms with Crippen LogP contribution >= 0.6 is 7.14 Å². The van der Waals surface area contributed by atoms with Crippen LogP contribution in [0.3, 0.4) is 0 Å². The first-order chi connectivity index (χ1) is 15.8. The molecule has 1 saturated heterocycles. The fourth-order valence-electron chi connectivity index (χ4n) is 4.32. The van der Waals surface area contributed by atoms with Gasteiger partial charge in [0.1, 0.15) is 12.7 Å². The number of anilines is 1. The summed E-state index contributed by atoms with van der Waals surface area (Å²) >= 11 is 0. The Bertz CT molecular complexity index is 1320. The predicted molar refractivity (Wildman–Crippen MR) is 127 cm³/mol. The van der Waals surface area contributed by atoms with Crippen molar-refractivity contribution in [1.29, 1.82) is 5.26 Å². The molecule has 3 heterocycles. The van der Waals surface area contributed by atoms with Gasteiger partial charge in [0.25, 0.3) is 0 Å². The molecule has 4 rings (SSSR count). The van der Waals surface area contributed by atoms with E-state index in [2.05, 4.69) is 39.4 Å². The van der Waals surface area contributed by atoms with Crippen molar-refractivity contribution in [2.75, 3.05) is 25.2 Å². The number of nitrogens with one attached hydrogen (secondary N) is 3. The van der Waals surface area contributed by atoms with Crippen LogP contribution in [0.2, 0.25) is 0 Å². The summed E-state index contributed by atoms with van der Waals surface area (Å²) in [5, 5.41) is 16.8. The number of rotatable bonds is 4. The second-order valence-electron chi connectivity index (χ2n) is 9.65. The normalized spacial score (nSPS) is 18.6. The van der Waals surface area contributed by atoms with Crippen LogP contribution in [0.5, 0.6) is 0 Å². The highest BCUT2D eigenvalue weighted by Gasteiger charge is 2.37. The van der Waals surface area contributed by atoms with E-state index in [1.807, 2.05) is 6.07 Å². The zero-order chi connectivity index (χ0) is 24.9. The van der Waals surface area contributed by atoms with Gasteiger partial charge in [-0.2, -0.15) is 18.4 Å². The van der Waals surface area contributed by atoms with Crippen molar-refractivity contribution < 1.29 is 17.7 Å². The van der Waals surface area contributed by atoms with Crippen LogP contribution in [0.15, 0.2) is 24.5 Å². The lowest BCUT2D eigenvalue weighted by Crippen LogP contribution is -2.50. The van der Waals surface area contributed by atoms with E-state index in [1.165, 1.54) is 25.6 Å². The molecule has 0 spiro atoms. The summed E-state index contributed by atoms with van der Waals surface area (Å²) in [5.74, 6) is 0.106. The first-order valence-electron chi connectivity index (χ1n) is 10.9. The van der Waals surface area contributed by atoms with Crippen LogP contribution in [0, 0.1) is 11.3 Å². The maximum Gasteiger partial charge on any atom is 0.419 e. The summed E-state index contributed by atoms with van der Waals surface area (Å²) in [5.41, 5.74) is -0.436. The largest absolute Gasteiger partial charge is 0.419 e. The van der Waals surface area contributed by atoms with Crippen molar-refractivity contribution in [2.24, 2.45) is 0 Å². The highest BCUT2D eigenvalue weighted by molar-refractivity contribution is 7.70. The summed E-state index contributed by atoms with van der Waals surface area (Å²) in [6.07, 6.45) is -0.738. The molecule has 0 amide bonds. The van der Waals surface area contributed by atoms with Crippen molar-refractivity contribution in [1.82, 2.24) is 20.3 Å². The van der Waals surface area contributed by atoms with Crippen LogP contribution in [0.1, 0.15) is 37.8 Å². The molecule has 0 radical (unpaired) electrons. The molecule has 3 N–H and O–H groups in total. The van der Waals surface area contributed by atoms with Crippen molar-refractivity contribution in [2.45, 2.75) is 44.4 Å². The highest BCUT2D eigenvalue weighted by Crippen LogP contribution is 2.43. The Hall–Kier alpha value is -2.89. The molecule has 180 valence electrons. The van der Waals surface area contributed by atoms with E-state index < -0.39 is 18.9 Å². The molecule has 0 saturated carbocycles. The van der Waals surface area contributed by atoms with Gasteiger partial charge in [-0.3, -0.25) is 0 Å². The number of halogens is 3. The smallest absolute Gasteiger partial charge is 0.360 e. The zero-order valence-corrected chi connectivity index (χ0v) is 20.2. The topological polar surface area (TPSA) is 106 Å². The summed E-state index contributed by atoms with van der Waals surface area (Å²) in [6.45, 7) is 7.89. The standard InChI is InChI=1S/C23H26F3N6OP/c1-22(2)8-7-14(10-30-22)31-21-29-12-17(23(24,25)26)18(32-21)16-11-28-19-15(16)6-5-13(9-27)20(19)34(3,4)33/h5-6,11-12,14,28,30H,7-8,10H2,1-4H3,(H,29,31,32)/t14-/m0/s1. The Morgan fingerprint density at radius 3 is 2.62 bits per heavy atom. The first-order valence-corrected chi connectivity index (χ1v) is 13.5. The summed E-state index contributed by atoms with van der Waals surface area (Å²) < 4.78 is 54.6. The number of fused-ring (bicyclic) bond motifs is 1. The summed E-state index contributed by atoms with van der Waals surface area (Å²) in [4.78, 5) is 11.2.